The van der Waals surface area contributed by atoms with Crippen molar-refractivity contribution in [3.8, 4) is 0 Å². The van der Waals surface area contributed by atoms with Crippen molar-refractivity contribution in [3.63, 3.8) is 0 Å². The molecular weight excluding hydrogens is 418 g/mol. The van der Waals surface area contributed by atoms with Crippen LogP contribution in [0.3, 0.4) is 0 Å². The lowest BCUT2D eigenvalue weighted by molar-refractivity contribution is 0.0696. The molecule has 8 nitrogen and oxygen atoms in total. The summed E-state index contributed by atoms with van der Waals surface area (Å²) in [5, 5.41) is 12.6. The number of carboxylic acid groups (broad SMARTS) is 1. The van der Waals surface area contributed by atoms with E-state index in [4.69, 9.17) is 5.11 Å². The summed E-state index contributed by atoms with van der Waals surface area (Å²) in [7, 11) is -3.93. The highest BCUT2D eigenvalue weighted by Gasteiger charge is 2.17. The maximum absolute atomic E-state index is 12.8. The Morgan fingerprint density at radius 1 is 0.839 bits per heavy atom. The van der Waals surface area contributed by atoms with Crippen molar-refractivity contribution in [2.75, 3.05) is 10.0 Å². The molecule has 0 atom stereocenters. The van der Waals surface area contributed by atoms with Gasteiger partial charge in [0.25, 0.3) is 15.9 Å². The van der Waals surface area contributed by atoms with Crippen molar-refractivity contribution in [2.24, 2.45) is 0 Å². The molecule has 31 heavy (non-hydrogen) atoms. The van der Waals surface area contributed by atoms with Crippen LogP contribution in [0.5, 0.6) is 0 Å². The predicted molar refractivity (Wildman–Crippen MR) is 117 cm³/mol. The highest BCUT2D eigenvalue weighted by Crippen LogP contribution is 2.22. The number of aromatic amines is 1. The smallest absolute Gasteiger partial charge is 0.335 e. The quantitative estimate of drug-likeness (QED) is 0.365. The lowest BCUT2D eigenvalue weighted by Gasteiger charge is -2.10. The minimum absolute atomic E-state index is 0.0253. The molecule has 0 unspecified atom stereocenters. The third-order valence-corrected chi connectivity index (χ3v) is 5.96. The van der Waals surface area contributed by atoms with Crippen LogP contribution in [0, 0.1) is 0 Å². The highest BCUT2D eigenvalue weighted by atomic mass is 32.2. The summed E-state index contributed by atoms with van der Waals surface area (Å²) in [6.07, 6.45) is 1.76. The first-order valence-electron chi connectivity index (χ1n) is 9.16. The van der Waals surface area contributed by atoms with Gasteiger partial charge in [0.2, 0.25) is 0 Å². The van der Waals surface area contributed by atoms with Crippen LogP contribution in [0.15, 0.2) is 83.9 Å². The van der Waals surface area contributed by atoms with Crippen LogP contribution in [0.25, 0.3) is 10.9 Å². The van der Waals surface area contributed by atoms with Crippen molar-refractivity contribution in [2.45, 2.75) is 4.90 Å². The molecule has 4 aromatic rings. The molecule has 9 heteroatoms. The summed E-state index contributed by atoms with van der Waals surface area (Å²) in [4.78, 5) is 26.6. The molecule has 0 bridgehead atoms. The molecule has 4 N–H and O–H groups in total. The van der Waals surface area contributed by atoms with Crippen LogP contribution >= 0.6 is 0 Å². The Bertz CT molecular complexity index is 1410. The fraction of sp³-hybridized carbons (Fsp3) is 0. The maximum Gasteiger partial charge on any atom is 0.335 e. The predicted octanol–water partition coefficient (Wildman–Crippen LogP) is 3.92. The monoisotopic (exact) mass is 435 g/mol. The van der Waals surface area contributed by atoms with Gasteiger partial charge in [0.1, 0.15) is 0 Å². The Balaban J connectivity index is 1.55. The second-order valence-electron chi connectivity index (χ2n) is 6.75. The molecule has 0 radical (unpaired) electrons. The minimum Gasteiger partial charge on any atom is -0.478 e. The molecule has 1 aromatic heterocycles. The van der Waals surface area contributed by atoms with E-state index in [2.05, 4.69) is 15.0 Å². The summed E-state index contributed by atoms with van der Waals surface area (Å²) in [6.45, 7) is 0. The van der Waals surface area contributed by atoms with Gasteiger partial charge in [0.05, 0.1) is 16.1 Å². The van der Waals surface area contributed by atoms with Gasteiger partial charge in [-0.3, -0.25) is 9.52 Å². The summed E-state index contributed by atoms with van der Waals surface area (Å²) < 4.78 is 28.1. The summed E-state index contributed by atoms with van der Waals surface area (Å²) in [5.74, 6) is -1.68. The first-order valence-corrected chi connectivity index (χ1v) is 10.6. The fourth-order valence-corrected chi connectivity index (χ4v) is 4.16. The zero-order chi connectivity index (χ0) is 22.0. The normalized spacial score (nSPS) is 11.2. The number of aromatic carboxylic acids is 1. The van der Waals surface area contributed by atoms with Crippen LogP contribution in [0.1, 0.15) is 20.7 Å². The van der Waals surface area contributed by atoms with E-state index in [1.807, 2.05) is 6.07 Å². The van der Waals surface area contributed by atoms with Crippen LogP contribution in [0.4, 0.5) is 11.4 Å². The standard InChI is InChI=1S/C22H17N3O5S/c26-21(24-17-5-1-4-16(11-17)22(27)28)15-3-2-6-19(12-15)31(29,30)25-18-8-7-14-9-10-23-20(14)13-18/h1-13,23,25H,(H,24,26)(H,27,28). The molecule has 3 aromatic carbocycles. The Morgan fingerprint density at radius 3 is 2.42 bits per heavy atom. The molecule has 0 saturated carbocycles. The Kier molecular flexibility index (Phi) is 5.18. The molecule has 0 aliphatic carbocycles. The summed E-state index contributed by atoms with van der Waals surface area (Å²) in [6, 6.07) is 18.3. The molecule has 0 spiro atoms. The van der Waals surface area contributed by atoms with Crippen molar-refractivity contribution in [1.82, 2.24) is 4.98 Å². The number of aromatic nitrogens is 1. The van der Waals surface area contributed by atoms with Gasteiger partial charge in [-0.2, -0.15) is 0 Å². The molecule has 0 saturated heterocycles. The van der Waals surface area contributed by atoms with E-state index in [9.17, 15) is 18.0 Å². The number of fused-ring (bicyclic) bond motifs is 1. The number of anilines is 2. The average molecular weight is 435 g/mol. The van der Waals surface area contributed by atoms with Crippen LogP contribution in [-0.4, -0.2) is 30.4 Å². The van der Waals surface area contributed by atoms with Crippen molar-refractivity contribution < 1.29 is 23.1 Å². The number of carbonyl (C=O) groups excluding carboxylic acids is 1. The number of H-pyrrole nitrogens is 1. The Morgan fingerprint density at radius 2 is 1.61 bits per heavy atom. The van der Waals surface area contributed by atoms with Crippen LogP contribution in [-0.2, 0) is 10.0 Å². The number of hydrogen-bond acceptors (Lipinski definition) is 4. The second kappa shape index (κ2) is 7.96. The number of nitrogens with one attached hydrogen (secondary N) is 3. The number of sulfonamides is 1. The van der Waals surface area contributed by atoms with Crippen LogP contribution in [0.2, 0.25) is 0 Å². The number of rotatable bonds is 6. The van der Waals surface area contributed by atoms with E-state index in [1.54, 1.807) is 30.5 Å². The number of carbonyl (C=O) groups is 2. The van der Waals surface area contributed by atoms with E-state index in [0.29, 0.717) is 5.69 Å². The van der Waals surface area contributed by atoms with E-state index in [1.165, 1.54) is 42.5 Å². The summed E-state index contributed by atoms with van der Waals surface area (Å²) in [5.41, 5.74) is 1.60. The van der Waals surface area contributed by atoms with Crippen molar-refractivity contribution >= 4 is 44.2 Å². The molecule has 1 heterocycles. The van der Waals surface area contributed by atoms with Gasteiger partial charge in [0.15, 0.2) is 0 Å². The number of carboxylic acids is 1. The third-order valence-electron chi connectivity index (χ3n) is 4.58. The first kappa shape index (κ1) is 20.2. The number of amides is 1. The SMILES string of the molecule is O=C(O)c1cccc(NC(=O)c2cccc(S(=O)(=O)Nc3ccc4cc[nH]c4c3)c2)c1. The molecular formula is C22H17N3O5S. The van der Waals surface area contributed by atoms with Gasteiger partial charge in [0, 0.05) is 23.0 Å². The molecule has 0 fully saturated rings. The number of benzene rings is 3. The van der Waals surface area contributed by atoms with Gasteiger partial charge in [-0.15, -0.1) is 0 Å². The Labute approximate surface area is 177 Å². The van der Waals surface area contributed by atoms with Crippen LogP contribution < -0.4 is 10.0 Å². The van der Waals surface area contributed by atoms with Gasteiger partial charge in [-0.05, 0) is 60.0 Å². The third kappa shape index (κ3) is 4.41. The molecule has 0 aliphatic heterocycles. The minimum atomic E-state index is -3.93. The van der Waals surface area contributed by atoms with E-state index < -0.39 is 21.9 Å². The van der Waals surface area contributed by atoms with Gasteiger partial charge >= 0.3 is 5.97 Å². The van der Waals surface area contributed by atoms with E-state index in [0.717, 1.165) is 10.9 Å². The lowest BCUT2D eigenvalue weighted by Crippen LogP contribution is -2.16. The molecule has 4 rings (SSSR count). The van der Waals surface area contributed by atoms with E-state index in [-0.39, 0.29) is 21.7 Å². The molecule has 0 aliphatic rings. The van der Waals surface area contributed by atoms with Gasteiger partial charge < -0.3 is 15.4 Å². The van der Waals surface area contributed by atoms with E-state index >= 15 is 0 Å². The maximum atomic E-state index is 12.8. The van der Waals surface area contributed by atoms with Crippen molar-refractivity contribution in [1.29, 1.82) is 0 Å². The zero-order valence-electron chi connectivity index (χ0n) is 16.0. The average Bonchev–Trinajstić information content (AvgIpc) is 3.21. The Hall–Kier alpha value is -4.11. The topological polar surface area (TPSA) is 128 Å². The first-order chi connectivity index (χ1) is 14.8. The summed E-state index contributed by atoms with van der Waals surface area (Å²) >= 11 is 0. The molecule has 1 amide bonds. The fourth-order valence-electron chi connectivity index (χ4n) is 3.06. The zero-order valence-corrected chi connectivity index (χ0v) is 16.8. The number of hydrogen-bond donors (Lipinski definition) is 4. The van der Waals surface area contributed by atoms with Gasteiger partial charge in [-0.25, -0.2) is 13.2 Å². The van der Waals surface area contributed by atoms with Gasteiger partial charge in [-0.1, -0.05) is 18.2 Å². The molecule has 156 valence electrons. The largest absolute Gasteiger partial charge is 0.478 e. The lowest BCUT2D eigenvalue weighted by atomic mass is 10.2. The van der Waals surface area contributed by atoms with Crippen molar-refractivity contribution in [3.05, 3.63) is 90.1 Å². The second-order valence-corrected chi connectivity index (χ2v) is 8.44. The highest BCUT2D eigenvalue weighted by molar-refractivity contribution is 7.92.